The van der Waals surface area contributed by atoms with Gasteiger partial charge in [0.1, 0.15) is 5.75 Å². The number of benzene rings is 2. The number of ether oxygens (including phenoxy) is 1. The molecule has 0 aromatic heterocycles. The Balaban J connectivity index is 1.79. The summed E-state index contributed by atoms with van der Waals surface area (Å²) >= 11 is 4.90. The highest BCUT2D eigenvalue weighted by atomic mass is 79.9. The first-order valence-electron chi connectivity index (χ1n) is 7.87. The number of thioether (sulfide) groups is 1. The second-order valence-corrected chi connectivity index (χ2v) is 7.67. The first-order chi connectivity index (χ1) is 12.5. The van der Waals surface area contributed by atoms with Crippen LogP contribution in [0.1, 0.15) is 5.56 Å². The molecule has 134 valence electrons. The van der Waals surface area contributed by atoms with Crippen LogP contribution in [0.5, 0.6) is 5.75 Å². The first kappa shape index (κ1) is 18.5. The summed E-state index contributed by atoms with van der Waals surface area (Å²) in [5.41, 5.74) is 2.79. The number of amidine groups is 1. The summed E-state index contributed by atoms with van der Waals surface area (Å²) in [5.74, 6) is 0.625. The molecular formula is C19H18BrN3O2S. The minimum Gasteiger partial charge on any atom is -0.497 e. The van der Waals surface area contributed by atoms with Gasteiger partial charge in [-0.15, -0.1) is 0 Å². The van der Waals surface area contributed by atoms with Crippen molar-refractivity contribution in [1.82, 2.24) is 5.32 Å². The number of rotatable bonds is 4. The smallest absolute Gasteiger partial charge is 0.264 e. The molecule has 5 nitrogen and oxygen atoms in total. The molecule has 1 N–H and O–H groups in total. The third kappa shape index (κ3) is 4.28. The summed E-state index contributed by atoms with van der Waals surface area (Å²) in [4.78, 5) is 19.3. The van der Waals surface area contributed by atoms with Gasteiger partial charge in [0.25, 0.3) is 5.91 Å². The summed E-state index contributed by atoms with van der Waals surface area (Å²) in [6.45, 7) is 0. The van der Waals surface area contributed by atoms with Gasteiger partial charge in [-0.25, -0.2) is 4.99 Å². The Kier molecular flexibility index (Phi) is 5.68. The molecule has 3 rings (SSSR count). The van der Waals surface area contributed by atoms with E-state index in [1.807, 2.05) is 67.5 Å². The molecule has 7 heteroatoms. The maximum atomic E-state index is 12.2. The van der Waals surface area contributed by atoms with Crippen molar-refractivity contribution in [2.24, 2.45) is 4.99 Å². The molecule has 1 saturated heterocycles. The van der Waals surface area contributed by atoms with Crippen LogP contribution in [0, 0.1) is 0 Å². The predicted octanol–water partition coefficient (Wildman–Crippen LogP) is 4.42. The average Bonchev–Trinajstić information content (AvgIpc) is 2.94. The van der Waals surface area contributed by atoms with E-state index in [1.165, 1.54) is 11.8 Å². The van der Waals surface area contributed by atoms with E-state index in [9.17, 15) is 4.79 Å². The Morgan fingerprint density at radius 2 is 1.92 bits per heavy atom. The Morgan fingerprint density at radius 3 is 2.54 bits per heavy atom. The lowest BCUT2D eigenvalue weighted by Crippen LogP contribution is -2.19. The Labute approximate surface area is 165 Å². The van der Waals surface area contributed by atoms with Crippen molar-refractivity contribution in [2.45, 2.75) is 0 Å². The molecule has 1 heterocycles. The van der Waals surface area contributed by atoms with Crippen molar-refractivity contribution < 1.29 is 9.53 Å². The van der Waals surface area contributed by atoms with Crippen molar-refractivity contribution in [1.29, 1.82) is 0 Å². The first-order valence-corrected chi connectivity index (χ1v) is 9.48. The molecular weight excluding hydrogens is 414 g/mol. The van der Waals surface area contributed by atoms with Gasteiger partial charge in [0.05, 0.1) is 23.4 Å². The molecule has 0 spiro atoms. The van der Waals surface area contributed by atoms with Gasteiger partial charge < -0.3 is 15.0 Å². The third-order valence-corrected chi connectivity index (χ3v) is 5.25. The monoisotopic (exact) mass is 431 g/mol. The van der Waals surface area contributed by atoms with Crippen LogP contribution in [-0.4, -0.2) is 32.3 Å². The van der Waals surface area contributed by atoms with E-state index < -0.39 is 0 Å². The van der Waals surface area contributed by atoms with Gasteiger partial charge in [0.15, 0.2) is 5.17 Å². The van der Waals surface area contributed by atoms with Gasteiger partial charge in [-0.05, 0) is 75.7 Å². The highest BCUT2D eigenvalue weighted by Crippen LogP contribution is 2.31. The lowest BCUT2D eigenvalue weighted by molar-refractivity contribution is -0.115. The van der Waals surface area contributed by atoms with E-state index in [-0.39, 0.29) is 5.91 Å². The average molecular weight is 432 g/mol. The SMILES string of the molecule is COc1ccc(N=C2NC(=O)/C(=C\c3ccc(N(C)C)c(Br)c3)S2)cc1. The van der Waals surface area contributed by atoms with Crippen molar-refractivity contribution in [3.63, 3.8) is 0 Å². The van der Waals surface area contributed by atoms with Gasteiger partial charge in [0, 0.05) is 18.6 Å². The number of amides is 1. The maximum Gasteiger partial charge on any atom is 0.264 e. The third-order valence-electron chi connectivity index (χ3n) is 3.71. The largest absolute Gasteiger partial charge is 0.497 e. The molecule has 0 atom stereocenters. The molecule has 1 amide bonds. The standard InChI is InChI=1S/C19H18BrN3O2S/c1-23(2)16-9-4-12(10-15(16)20)11-17-18(24)22-19(26-17)21-13-5-7-14(25-3)8-6-13/h4-11H,1-3H3,(H,21,22,24)/b17-11+. The van der Waals surface area contributed by atoms with Crippen LogP contribution in [-0.2, 0) is 4.79 Å². The number of carbonyl (C=O) groups is 1. The summed E-state index contributed by atoms with van der Waals surface area (Å²) < 4.78 is 6.11. The Bertz CT molecular complexity index is 892. The van der Waals surface area contributed by atoms with Gasteiger partial charge in [-0.1, -0.05) is 6.07 Å². The number of nitrogens with one attached hydrogen (secondary N) is 1. The molecule has 26 heavy (non-hydrogen) atoms. The predicted molar refractivity (Wildman–Crippen MR) is 112 cm³/mol. The number of hydrogen-bond acceptors (Lipinski definition) is 5. The number of carbonyl (C=O) groups excluding carboxylic acids is 1. The highest BCUT2D eigenvalue weighted by molar-refractivity contribution is 9.10. The normalized spacial score (nSPS) is 16.8. The Hall–Kier alpha value is -2.25. The molecule has 1 aliphatic heterocycles. The van der Waals surface area contributed by atoms with E-state index in [0.29, 0.717) is 10.1 Å². The molecule has 1 fully saturated rings. The van der Waals surface area contributed by atoms with Gasteiger partial charge in [-0.2, -0.15) is 0 Å². The summed E-state index contributed by atoms with van der Waals surface area (Å²) in [5, 5.41) is 3.37. The summed E-state index contributed by atoms with van der Waals surface area (Å²) in [7, 11) is 5.59. The maximum absolute atomic E-state index is 12.2. The molecule has 0 unspecified atom stereocenters. The number of methoxy groups -OCH3 is 1. The summed E-state index contributed by atoms with van der Waals surface area (Å²) in [6, 6.07) is 13.4. The minimum absolute atomic E-state index is 0.143. The van der Waals surface area contributed by atoms with Crippen LogP contribution >= 0.6 is 27.7 Å². The second kappa shape index (κ2) is 7.97. The van der Waals surface area contributed by atoms with E-state index in [4.69, 9.17) is 4.74 Å². The topological polar surface area (TPSA) is 53.9 Å². The number of aliphatic imine (C=N–C) groups is 1. The zero-order valence-electron chi connectivity index (χ0n) is 14.6. The van der Waals surface area contributed by atoms with Gasteiger partial charge >= 0.3 is 0 Å². The van der Waals surface area contributed by atoms with Crippen LogP contribution in [0.25, 0.3) is 6.08 Å². The van der Waals surface area contributed by atoms with Crippen LogP contribution in [0.3, 0.4) is 0 Å². The zero-order valence-corrected chi connectivity index (χ0v) is 17.0. The van der Waals surface area contributed by atoms with Crippen LogP contribution in [0.4, 0.5) is 11.4 Å². The lowest BCUT2D eigenvalue weighted by atomic mass is 10.2. The fraction of sp³-hybridized carbons (Fsp3) is 0.158. The molecule has 2 aromatic carbocycles. The van der Waals surface area contributed by atoms with Crippen molar-refractivity contribution in [3.8, 4) is 5.75 Å². The molecule has 0 saturated carbocycles. The van der Waals surface area contributed by atoms with Crippen LogP contribution in [0.15, 0.2) is 56.8 Å². The zero-order chi connectivity index (χ0) is 18.7. The van der Waals surface area contributed by atoms with E-state index in [2.05, 4.69) is 26.2 Å². The molecule has 0 aliphatic carbocycles. The quantitative estimate of drug-likeness (QED) is 0.728. The van der Waals surface area contributed by atoms with Crippen molar-refractivity contribution in [3.05, 3.63) is 57.4 Å². The number of anilines is 1. The number of nitrogens with zero attached hydrogens (tertiary/aromatic N) is 2. The molecule has 0 bridgehead atoms. The van der Waals surface area contributed by atoms with Crippen LogP contribution < -0.4 is 15.0 Å². The Morgan fingerprint density at radius 1 is 1.19 bits per heavy atom. The highest BCUT2D eigenvalue weighted by Gasteiger charge is 2.23. The van der Waals surface area contributed by atoms with Gasteiger partial charge in [0.2, 0.25) is 0 Å². The lowest BCUT2D eigenvalue weighted by Gasteiger charge is -2.14. The summed E-state index contributed by atoms with van der Waals surface area (Å²) in [6.07, 6.45) is 1.86. The van der Waals surface area contributed by atoms with Crippen LogP contribution in [0.2, 0.25) is 0 Å². The number of halogens is 1. The second-order valence-electron chi connectivity index (χ2n) is 5.79. The molecule has 2 aromatic rings. The van der Waals surface area contributed by atoms with Crippen molar-refractivity contribution in [2.75, 3.05) is 26.1 Å². The van der Waals surface area contributed by atoms with Crippen molar-refractivity contribution >= 4 is 56.2 Å². The number of hydrogen-bond donors (Lipinski definition) is 1. The fourth-order valence-corrected chi connectivity index (χ4v) is 3.97. The molecule has 0 radical (unpaired) electrons. The van der Waals surface area contributed by atoms with E-state index in [1.54, 1.807) is 7.11 Å². The minimum atomic E-state index is -0.143. The van der Waals surface area contributed by atoms with E-state index >= 15 is 0 Å². The van der Waals surface area contributed by atoms with E-state index in [0.717, 1.165) is 27.2 Å². The fourth-order valence-electron chi connectivity index (χ4n) is 2.38. The molecule has 1 aliphatic rings. The van der Waals surface area contributed by atoms with Gasteiger partial charge in [-0.3, -0.25) is 4.79 Å².